The molecule has 0 amide bonds. The van der Waals surface area contributed by atoms with Gasteiger partial charge in [0.1, 0.15) is 5.01 Å². The van der Waals surface area contributed by atoms with Gasteiger partial charge in [0, 0.05) is 42.4 Å². The zero-order chi connectivity index (χ0) is 15.6. The van der Waals surface area contributed by atoms with Crippen molar-refractivity contribution in [1.29, 1.82) is 0 Å². The highest BCUT2D eigenvalue weighted by Crippen LogP contribution is 2.40. The smallest absolute Gasteiger partial charge is 0.107 e. The van der Waals surface area contributed by atoms with Gasteiger partial charge in [0.2, 0.25) is 0 Å². The van der Waals surface area contributed by atoms with Gasteiger partial charge < -0.3 is 4.74 Å². The molecule has 0 bridgehead atoms. The summed E-state index contributed by atoms with van der Waals surface area (Å²) in [5.41, 5.74) is 1.58. The molecule has 1 aromatic heterocycles. The third-order valence-corrected chi connectivity index (χ3v) is 6.52. The molecule has 1 atom stereocenters. The molecule has 0 saturated carbocycles. The minimum absolute atomic E-state index is 0.428. The van der Waals surface area contributed by atoms with Crippen molar-refractivity contribution in [1.82, 2.24) is 14.8 Å². The summed E-state index contributed by atoms with van der Waals surface area (Å²) in [5, 5.41) is 3.42. The summed E-state index contributed by atoms with van der Waals surface area (Å²) in [6.45, 7) is 9.32. The largest absolute Gasteiger partial charge is 0.380 e. The van der Waals surface area contributed by atoms with Crippen molar-refractivity contribution < 1.29 is 4.74 Å². The van der Waals surface area contributed by atoms with Crippen LogP contribution in [0.1, 0.15) is 43.3 Å². The molecule has 2 fully saturated rings. The number of nitrogens with zero attached hydrogens (tertiary/aromatic N) is 3. The average molecular weight is 324 g/mol. The van der Waals surface area contributed by atoms with E-state index >= 15 is 0 Å². The maximum atomic E-state index is 5.67. The van der Waals surface area contributed by atoms with Crippen molar-refractivity contribution in [3.63, 3.8) is 0 Å². The number of hydrogen-bond donors (Lipinski definition) is 0. The van der Waals surface area contributed by atoms with Crippen molar-refractivity contribution >= 4 is 11.3 Å². The van der Waals surface area contributed by atoms with Crippen molar-refractivity contribution in [2.24, 2.45) is 0 Å². The van der Waals surface area contributed by atoms with Crippen LogP contribution in [0.4, 0.5) is 0 Å². The van der Waals surface area contributed by atoms with E-state index in [9.17, 15) is 0 Å². The highest BCUT2D eigenvalue weighted by Gasteiger charge is 2.45. The number of thiazole rings is 1. The predicted molar refractivity (Wildman–Crippen MR) is 91.4 cm³/mol. The van der Waals surface area contributed by atoms with Crippen LogP contribution in [0.25, 0.3) is 0 Å². The van der Waals surface area contributed by atoms with Gasteiger partial charge >= 0.3 is 0 Å². The Hall–Kier alpha value is -0.490. The Bertz CT molecular complexity index is 482. The molecule has 22 heavy (non-hydrogen) atoms. The highest BCUT2D eigenvalue weighted by molar-refractivity contribution is 7.09. The molecule has 1 spiro atoms. The fourth-order valence-corrected chi connectivity index (χ4v) is 4.85. The molecular weight excluding hydrogens is 294 g/mol. The van der Waals surface area contributed by atoms with Crippen LogP contribution >= 0.6 is 11.3 Å². The minimum atomic E-state index is 0.428. The highest BCUT2D eigenvalue weighted by atomic mass is 32.1. The van der Waals surface area contributed by atoms with Gasteiger partial charge in [-0.3, -0.25) is 9.80 Å². The SMILES string of the molecule is CCOC[C@H]1CCC2(CCN(Cc3nc(C)cs3)CC2)N1C. The van der Waals surface area contributed by atoms with Crippen LogP contribution < -0.4 is 0 Å². The number of piperidine rings is 1. The second-order valence-electron chi connectivity index (χ2n) is 6.85. The summed E-state index contributed by atoms with van der Waals surface area (Å²) in [7, 11) is 2.32. The van der Waals surface area contributed by atoms with Crippen LogP contribution in [0.2, 0.25) is 0 Å². The van der Waals surface area contributed by atoms with E-state index in [-0.39, 0.29) is 0 Å². The molecule has 0 unspecified atom stereocenters. The molecule has 1 aromatic rings. The van der Waals surface area contributed by atoms with Gasteiger partial charge in [-0.2, -0.15) is 0 Å². The minimum Gasteiger partial charge on any atom is -0.380 e. The van der Waals surface area contributed by atoms with Crippen LogP contribution in [-0.2, 0) is 11.3 Å². The molecule has 0 radical (unpaired) electrons. The molecule has 2 aliphatic heterocycles. The Balaban J connectivity index is 1.52. The van der Waals surface area contributed by atoms with Crippen molar-refractivity contribution in [3.8, 4) is 0 Å². The van der Waals surface area contributed by atoms with E-state index in [1.165, 1.54) is 43.8 Å². The average Bonchev–Trinajstić information content (AvgIpc) is 3.05. The number of likely N-dealkylation sites (tertiary alicyclic amines) is 2. The first-order chi connectivity index (χ1) is 10.6. The van der Waals surface area contributed by atoms with Crippen molar-refractivity contribution in [2.75, 3.05) is 33.4 Å². The Labute approximate surface area is 138 Å². The quantitative estimate of drug-likeness (QED) is 0.833. The summed E-state index contributed by atoms with van der Waals surface area (Å²) in [6.07, 6.45) is 5.21. The van der Waals surface area contributed by atoms with E-state index in [0.717, 1.165) is 25.5 Å². The summed E-state index contributed by atoms with van der Waals surface area (Å²) < 4.78 is 5.67. The number of likely N-dealkylation sites (N-methyl/N-ethyl adjacent to an activating group) is 1. The van der Waals surface area contributed by atoms with E-state index < -0.39 is 0 Å². The van der Waals surface area contributed by atoms with Crippen LogP contribution in [0.3, 0.4) is 0 Å². The number of aromatic nitrogens is 1. The molecule has 3 rings (SSSR count). The third-order valence-electron chi connectivity index (χ3n) is 5.57. The van der Waals surface area contributed by atoms with Gasteiger partial charge in [-0.25, -0.2) is 4.98 Å². The first kappa shape index (κ1) is 16.4. The van der Waals surface area contributed by atoms with E-state index in [4.69, 9.17) is 4.74 Å². The molecule has 4 nitrogen and oxygen atoms in total. The molecule has 2 aliphatic rings. The molecule has 0 aliphatic carbocycles. The van der Waals surface area contributed by atoms with Gasteiger partial charge in [0.05, 0.1) is 13.2 Å². The Morgan fingerprint density at radius 1 is 1.36 bits per heavy atom. The van der Waals surface area contributed by atoms with E-state index in [1.54, 1.807) is 11.3 Å². The summed E-state index contributed by atoms with van der Waals surface area (Å²) in [6, 6.07) is 0.619. The third kappa shape index (κ3) is 3.37. The molecule has 0 N–H and O–H groups in total. The monoisotopic (exact) mass is 323 g/mol. The molecule has 5 heteroatoms. The lowest BCUT2D eigenvalue weighted by atomic mass is 9.85. The molecule has 0 aromatic carbocycles. The normalized spacial score (nSPS) is 26.0. The molecule has 124 valence electrons. The van der Waals surface area contributed by atoms with Gasteiger partial charge in [0.25, 0.3) is 0 Å². The maximum absolute atomic E-state index is 5.67. The topological polar surface area (TPSA) is 28.6 Å². The summed E-state index contributed by atoms with van der Waals surface area (Å²) >= 11 is 1.80. The number of rotatable bonds is 5. The fourth-order valence-electron chi connectivity index (χ4n) is 4.04. The first-order valence-corrected chi connectivity index (χ1v) is 9.45. The maximum Gasteiger partial charge on any atom is 0.107 e. The van der Waals surface area contributed by atoms with Crippen molar-refractivity contribution in [3.05, 3.63) is 16.1 Å². The summed E-state index contributed by atoms with van der Waals surface area (Å²) in [4.78, 5) is 9.81. The summed E-state index contributed by atoms with van der Waals surface area (Å²) in [5.74, 6) is 0. The Kier molecular flexibility index (Phi) is 5.17. The number of aryl methyl sites for hydroxylation is 1. The van der Waals surface area contributed by atoms with Crippen molar-refractivity contribution in [2.45, 2.75) is 57.7 Å². The van der Waals surface area contributed by atoms with E-state index in [0.29, 0.717) is 11.6 Å². The second kappa shape index (κ2) is 6.95. The zero-order valence-corrected chi connectivity index (χ0v) is 15.0. The lowest BCUT2D eigenvalue weighted by Crippen LogP contribution is -2.52. The van der Waals surface area contributed by atoms with Gasteiger partial charge in [-0.05, 0) is 46.6 Å². The van der Waals surface area contributed by atoms with Gasteiger partial charge in [0.15, 0.2) is 0 Å². The zero-order valence-electron chi connectivity index (χ0n) is 14.2. The molecular formula is C17H29N3OS. The van der Waals surface area contributed by atoms with Gasteiger partial charge in [-0.1, -0.05) is 0 Å². The van der Waals surface area contributed by atoms with Gasteiger partial charge in [-0.15, -0.1) is 11.3 Å². The van der Waals surface area contributed by atoms with Crippen LogP contribution in [0.15, 0.2) is 5.38 Å². The fraction of sp³-hybridized carbons (Fsp3) is 0.824. The second-order valence-corrected chi connectivity index (χ2v) is 7.79. The van der Waals surface area contributed by atoms with Crippen LogP contribution in [0.5, 0.6) is 0 Å². The standard InChI is InChI=1S/C17H29N3OS/c1-4-21-12-15-5-6-17(19(15)3)7-9-20(10-8-17)11-16-18-14(2)13-22-16/h13,15H,4-12H2,1-3H3/t15-/m1/s1. The predicted octanol–water partition coefficient (Wildman–Crippen LogP) is 2.92. The lowest BCUT2D eigenvalue weighted by Gasteiger charge is -2.45. The molecule has 2 saturated heterocycles. The van der Waals surface area contributed by atoms with E-state index in [1.807, 2.05) is 0 Å². The lowest BCUT2D eigenvalue weighted by molar-refractivity contribution is 0.0205. The van der Waals surface area contributed by atoms with Crippen LogP contribution in [-0.4, -0.2) is 59.7 Å². The Morgan fingerprint density at radius 3 is 2.77 bits per heavy atom. The first-order valence-electron chi connectivity index (χ1n) is 8.57. The number of hydrogen-bond acceptors (Lipinski definition) is 5. The Morgan fingerprint density at radius 2 is 2.14 bits per heavy atom. The number of ether oxygens (including phenoxy) is 1. The molecule has 3 heterocycles. The van der Waals surface area contributed by atoms with Crippen LogP contribution in [0, 0.1) is 6.92 Å². The van der Waals surface area contributed by atoms with E-state index in [2.05, 4.69) is 41.1 Å².